The van der Waals surface area contributed by atoms with Crippen LogP contribution in [0.15, 0.2) is 36.7 Å². The highest BCUT2D eigenvalue weighted by molar-refractivity contribution is 7.43. The Bertz CT molecular complexity index is 1570. The van der Waals surface area contributed by atoms with Crippen LogP contribution in [-0.4, -0.2) is 56.6 Å². The van der Waals surface area contributed by atoms with Crippen molar-refractivity contribution in [2.45, 2.75) is 167 Å². The fraction of sp³-hybridized carbons (Fsp3) is 0.674. The van der Waals surface area contributed by atoms with E-state index in [1.54, 1.807) is 15.3 Å². The summed E-state index contributed by atoms with van der Waals surface area (Å²) >= 11 is 0. The maximum Gasteiger partial charge on any atom is 0.255 e. The van der Waals surface area contributed by atoms with Gasteiger partial charge in [-0.15, -0.1) is 0 Å². The van der Waals surface area contributed by atoms with Crippen LogP contribution in [0.3, 0.4) is 0 Å². The van der Waals surface area contributed by atoms with Crippen LogP contribution in [0.5, 0.6) is 0 Å². The Kier molecular flexibility index (Phi) is 23.8. The molecular weight excluding hydrogens is 728 g/mol. The normalized spacial score (nSPS) is 16.5. The zero-order valence-electron chi connectivity index (χ0n) is 34.0. The van der Waals surface area contributed by atoms with Gasteiger partial charge < -0.3 is 24.6 Å². The molecule has 0 aliphatic carbocycles. The minimum Gasteiger partial charge on any atom is -0.382 e. The van der Waals surface area contributed by atoms with Crippen molar-refractivity contribution in [3.05, 3.63) is 59.3 Å². The lowest BCUT2D eigenvalue weighted by molar-refractivity contribution is 0.00822. The second kappa shape index (κ2) is 28.2. The Hall–Kier alpha value is -3.22. The van der Waals surface area contributed by atoms with E-state index in [-0.39, 0.29) is 37.1 Å². The molecule has 1 aliphatic heterocycles. The van der Waals surface area contributed by atoms with Crippen LogP contribution >= 0.6 is 8.53 Å². The lowest BCUT2D eigenvalue weighted by Crippen LogP contribution is -2.29. The molecule has 4 unspecified atom stereocenters. The van der Waals surface area contributed by atoms with Crippen LogP contribution in [0.1, 0.15) is 165 Å². The molecule has 3 aromatic rings. The van der Waals surface area contributed by atoms with Crippen molar-refractivity contribution >= 4 is 19.9 Å². The number of rotatable bonds is 29. The molecule has 2 aromatic heterocycles. The maximum atomic E-state index is 14.1. The number of likely N-dealkylation sites (N-methyl/N-ethyl adjacent to an activating group) is 1. The third-order valence-corrected chi connectivity index (χ3v) is 11.7. The molecule has 0 amide bonds. The Labute approximate surface area is 336 Å². The summed E-state index contributed by atoms with van der Waals surface area (Å²) in [4.78, 5) is 15.1. The van der Waals surface area contributed by atoms with Gasteiger partial charge in [0.2, 0.25) is 0 Å². The van der Waals surface area contributed by atoms with E-state index in [1.807, 2.05) is 25.2 Å². The number of halogens is 1. The van der Waals surface area contributed by atoms with Gasteiger partial charge in [0.1, 0.15) is 23.8 Å². The van der Waals surface area contributed by atoms with Gasteiger partial charge in [0.05, 0.1) is 42.7 Å². The average molecular weight is 796 g/mol. The zero-order chi connectivity index (χ0) is 40.4. The SMILES string of the molecule is C#N.CCCCCCCCCCCCCCCCCCCCC(CN(C)P(O)OCC1CCC(c2ccc3c(N)ncnn23)O1)OCc1cc(F)cc(C#N)c1. The van der Waals surface area contributed by atoms with Gasteiger partial charge in [-0.2, -0.15) is 10.4 Å². The number of nitrogen functional groups attached to an aromatic ring is 1. The molecule has 310 valence electrons. The standard InChI is InChI=1S/C42H66FN6O4P.CHN/c1-3-4-5-6-7-8-9-10-11-12-13-14-15-16-17-18-19-20-21-37(51-31-35-26-34(29-44)27-36(43)28-35)30-48(2)54(50)52-32-38-22-25-41(53-38)39-23-24-40-42(45)46-33-47-49(39)40;1-2/h23-24,26-28,33,37-38,41,50H,3-22,25,30-32H2,1-2H3,(H2,45,46,47);1H. The molecule has 4 rings (SSSR count). The Balaban J connectivity index is 0.00000414. The van der Waals surface area contributed by atoms with Gasteiger partial charge >= 0.3 is 0 Å². The lowest BCUT2D eigenvalue weighted by Gasteiger charge is -2.27. The molecule has 1 saturated heterocycles. The van der Waals surface area contributed by atoms with Gasteiger partial charge in [0, 0.05) is 13.1 Å². The molecule has 13 heteroatoms. The van der Waals surface area contributed by atoms with E-state index in [0.29, 0.717) is 17.9 Å². The minimum atomic E-state index is -1.87. The van der Waals surface area contributed by atoms with Gasteiger partial charge in [-0.1, -0.05) is 122 Å². The third kappa shape index (κ3) is 17.5. The fourth-order valence-electron chi connectivity index (χ4n) is 7.39. The van der Waals surface area contributed by atoms with Crippen molar-refractivity contribution in [2.75, 3.05) is 25.9 Å². The molecule has 1 aliphatic rings. The number of aromatic nitrogens is 3. The molecule has 0 bridgehead atoms. The van der Waals surface area contributed by atoms with E-state index in [0.717, 1.165) is 43.3 Å². The first-order valence-electron chi connectivity index (χ1n) is 21.0. The fourth-order valence-corrected chi connectivity index (χ4v) is 8.21. The predicted molar refractivity (Wildman–Crippen MR) is 222 cm³/mol. The first kappa shape index (κ1) is 47.2. The van der Waals surface area contributed by atoms with Crippen LogP contribution in [0, 0.1) is 29.0 Å². The number of unbranched alkanes of at least 4 members (excludes halogenated alkanes) is 17. The molecule has 4 atom stereocenters. The number of hydrogen-bond acceptors (Lipinski definition) is 10. The van der Waals surface area contributed by atoms with E-state index in [1.165, 1.54) is 121 Å². The van der Waals surface area contributed by atoms with Crippen LogP contribution in [-0.2, 0) is 20.6 Å². The second-order valence-corrected chi connectivity index (χ2v) is 16.6. The highest BCUT2D eigenvalue weighted by Gasteiger charge is 2.30. The molecular formula is C43H67FN7O4P. The zero-order valence-corrected chi connectivity index (χ0v) is 34.9. The van der Waals surface area contributed by atoms with E-state index >= 15 is 0 Å². The Morgan fingerprint density at radius 2 is 1.57 bits per heavy atom. The van der Waals surface area contributed by atoms with Crippen molar-refractivity contribution in [1.29, 1.82) is 10.5 Å². The van der Waals surface area contributed by atoms with Gasteiger partial charge in [-0.3, -0.25) is 0 Å². The summed E-state index contributed by atoms with van der Waals surface area (Å²) in [6.07, 6.45) is 27.3. The van der Waals surface area contributed by atoms with Crippen LogP contribution in [0.2, 0.25) is 0 Å². The summed E-state index contributed by atoms with van der Waals surface area (Å²) < 4.78 is 36.2. The van der Waals surface area contributed by atoms with Crippen molar-refractivity contribution in [2.24, 2.45) is 0 Å². The number of anilines is 1. The second-order valence-electron chi connectivity index (χ2n) is 15.1. The summed E-state index contributed by atoms with van der Waals surface area (Å²) in [5.41, 5.74) is 8.57. The van der Waals surface area contributed by atoms with Crippen molar-refractivity contribution in [3.8, 4) is 12.6 Å². The summed E-state index contributed by atoms with van der Waals surface area (Å²) in [6, 6.07) is 10.2. The summed E-state index contributed by atoms with van der Waals surface area (Å²) in [6.45, 7) is 6.71. The third-order valence-electron chi connectivity index (χ3n) is 10.5. The first-order valence-corrected chi connectivity index (χ1v) is 22.2. The minimum absolute atomic E-state index is 0.144. The molecule has 0 saturated carbocycles. The van der Waals surface area contributed by atoms with Crippen LogP contribution < -0.4 is 5.73 Å². The summed E-state index contributed by atoms with van der Waals surface area (Å²) in [5.74, 6) is -0.0236. The predicted octanol–water partition coefficient (Wildman–Crippen LogP) is 10.9. The highest BCUT2D eigenvalue weighted by atomic mass is 31.2. The molecule has 0 radical (unpaired) electrons. The monoisotopic (exact) mass is 795 g/mol. The molecule has 3 N–H and O–H groups in total. The number of nitrogens with zero attached hydrogens (tertiary/aromatic N) is 6. The number of ether oxygens (including phenoxy) is 2. The van der Waals surface area contributed by atoms with Gasteiger partial charge in [-0.05, 0) is 62.2 Å². The number of nitrogens with two attached hydrogens (primary N) is 1. The van der Waals surface area contributed by atoms with E-state index in [9.17, 15) is 14.5 Å². The average Bonchev–Trinajstić information content (AvgIpc) is 3.87. The molecule has 1 fully saturated rings. The van der Waals surface area contributed by atoms with E-state index < -0.39 is 14.3 Å². The Morgan fingerprint density at radius 1 is 0.964 bits per heavy atom. The summed E-state index contributed by atoms with van der Waals surface area (Å²) in [7, 11) is -0.0369. The molecule has 3 heterocycles. The topological polar surface area (TPSA) is 155 Å². The van der Waals surface area contributed by atoms with Crippen molar-refractivity contribution < 1.29 is 23.3 Å². The quantitative estimate of drug-likeness (QED) is 0.0512. The highest BCUT2D eigenvalue weighted by Crippen LogP contribution is 2.39. The number of nitriles is 2. The number of benzene rings is 1. The molecule has 0 spiro atoms. The molecule has 11 nitrogen and oxygen atoms in total. The van der Waals surface area contributed by atoms with Crippen LogP contribution in [0.4, 0.5) is 10.2 Å². The number of hydrogen-bond donors (Lipinski definition) is 2. The van der Waals surface area contributed by atoms with Gasteiger partial charge in [0.15, 0.2) is 5.82 Å². The molecule has 1 aromatic carbocycles. The summed E-state index contributed by atoms with van der Waals surface area (Å²) in [5, 5.41) is 20.1. The Morgan fingerprint density at radius 3 is 2.18 bits per heavy atom. The van der Waals surface area contributed by atoms with Crippen molar-refractivity contribution in [1.82, 2.24) is 19.3 Å². The number of fused-ring (bicyclic) bond motifs is 1. The molecule has 56 heavy (non-hydrogen) atoms. The maximum absolute atomic E-state index is 14.1. The largest absolute Gasteiger partial charge is 0.382 e. The van der Waals surface area contributed by atoms with E-state index in [4.69, 9.17) is 25.0 Å². The van der Waals surface area contributed by atoms with Crippen LogP contribution in [0.25, 0.3) is 5.52 Å². The lowest BCUT2D eigenvalue weighted by atomic mass is 10.0. The van der Waals surface area contributed by atoms with E-state index in [2.05, 4.69) is 23.6 Å². The first-order chi connectivity index (χ1) is 27.4. The van der Waals surface area contributed by atoms with Gasteiger partial charge in [0.25, 0.3) is 8.53 Å². The van der Waals surface area contributed by atoms with Gasteiger partial charge in [-0.25, -0.2) is 23.8 Å². The van der Waals surface area contributed by atoms with Crippen molar-refractivity contribution in [3.63, 3.8) is 0 Å². The smallest absolute Gasteiger partial charge is 0.255 e.